The second-order valence-corrected chi connectivity index (χ2v) is 7.84. The average molecular weight is 399 g/mol. The maximum atomic E-state index is 12.5. The molecule has 2 aromatic rings. The number of para-hydroxylation sites is 1. The Hall–Kier alpha value is -2.31. The summed E-state index contributed by atoms with van der Waals surface area (Å²) in [5.74, 6) is 0.806. The van der Waals surface area contributed by atoms with Crippen LogP contribution in [0.4, 0.5) is 5.69 Å². The molecule has 0 radical (unpaired) electrons. The van der Waals surface area contributed by atoms with Crippen molar-refractivity contribution in [2.45, 2.75) is 31.6 Å². The molecule has 5 nitrogen and oxygen atoms in total. The van der Waals surface area contributed by atoms with Gasteiger partial charge in [-0.05, 0) is 43.0 Å². The molecule has 1 unspecified atom stereocenters. The Labute approximate surface area is 170 Å². The Balaban J connectivity index is 1.51. The minimum Gasteiger partial charge on any atom is -0.376 e. The number of nitrogens with one attached hydrogen (secondary N) is 2. The van der Waals surface area contributed by atoms with Gasteiger partial charge < -0.3 is 15.4 Å². The molecule has 28 heavy (non-hydrogen) atoms. The highest BCUT2D eigenvalue weighted by atomic mass is 32.2. The number of amides is 2. The first kappa shape index (κ1) is 20.4. The van der Waals surface area contributed by atoms with Crippen LogP contribution in [0.5, 0.6) is 0 Å². The molecule has 1 atom stereocenters. The van der Waals surface area contributed by atoms with Gasteiger partial charge in [-0.3, -0.25) is 9.59 Å². The third-order valence-corrected chi connectivity index (χ3v) is 5.69. The number of aryl methyl sites for hydroxylation is 1. The second kappa shape index (κ2) is 10.3. The van der Waals surface area contributed by atoms with Gasteiger partial charge in [0.15, 0.2) is 0 Å². The van der Waals surface area contributed by atoms with Crippen molar-refractivity contribution in [2.24, 2.45) is 0 Å². The van der Waals surface area contributed by atoms with Crippen LogP contribution in [0.15, 0.2) is 48.5 Å². The third-order valence-electron chi connectivity index (χ3n) is 4.71. The number of ether oxygens (including phenoxy) is 1. The molecular formula is C22H26N2O3S. The predicted molar refractivity (Wildman–Crippen MR) is 114 cm³/mol. The van der Waals surface area contributed by atoms with Gasteiger partial charge in [0.1, 0.15) is 0 Å². The molecule has 1 aliphatic heterocycles. The first-order valence-corrected chi connectivity index (χ1v) is 10.7. The van der Waals surface area contributed by atoms with Crippen LogP contribution in [-0.4, -0.2) is 36.8 Å². The number of anilines is 1. The van der Waals surface area contributed by atoms with E-state index >= 15 is 0 Å². The number of carbonyl (C=O) groups excluding carboxylic acids is 2. The van der Waals surface area contributed by atoms with E-state index < -0.39 is 0 Å². The van der Waals surface area contributed by atoms with Crippen molar-refractivity contribution in [3.63, 3.8) is 0 Å². The van der Waals surface area contributed by atoms with E-state index in [1.165, 1.54) is 11.1 Å². The largest absolute Gasteiger partial charge is 0.376 e. The van der Waals surface area contributed by atoms with Crippen molar-refractivity contribution in [1.29, 1.82) is 0 Å². The zero-order chi connectivity index (χ0) is 19.8. The van der Waals surface area contributed by atoms with E-state index in [4.69, 9.17) is 4.74 Å². The van der Waals surface area contributed by atoms with Crippen molar-refractivity contribution in [3.05, 3.63) is 65.2 Å². The molecule has 3 rings (SSSR count). The zero-order valence-electron chi connectivity index (χ0n) is 16.1. The molecule has 0 aromatic heterocycles. The van der Waals surface area contributed by atoms with Gasteiger partial charge in [0, 0.05) is 18.9 Å². The Morgan fingerprint density at radius 1 is 1.14 bits per heavy atom. The Morgan fingerprint density at radius 3 is 2.71 bits per heavy atom. The maximum Gasteiger partial charge on any atom is 0.253 e. The molecule has 2 aromatic carbocycles. The predicted octanol–water partition coefficient (Wildman–Crippen LogP) is 3.78. The quantitative estimate of drug-likeness (QED) is 0.710. The molecule has 1 heterocycles. The first-order valence-electron chi connectivity index (χ1n) is 9.54. The van der Waals surface area contributed by atoms with Crippen molar-refractivity contribution < 1.29 is 14.3 Å². The molecule has 1 saturated heterocycles. The smallest absolute Gasteiger partial charge is 0.253 e. The Morgan fingerprint density at radius 2 is 1.93 bits per heavy atom. The van der Waals surface area contributed by atoms with Crippen LogP contribution in [0.3, 0.4) is 0 Å². The van der Waals surface area contributed by atoms with Gasteiger partial charge >= 0.3 is 0 Å². The first-order chi connectivity index (χ1) is 13.6. The third kappa shape index (κ3) is 5.84. The van der Waals surface area contributed by atoms with Gasteiger partial charge in [-0.1, -0.05) is 36.4 Å². The fraction of sp³-hybridized carbons (Fsp3) is 0.364. The molecular weight excluding hydrogens is 372 g/mol. The lowest BCUT2D eigenvalue weighted by Gasteiger charge is -2.14. The van der Waals surface area contributed by atoms with Crippen LogP contribution >= 0.6 is 11.8 Å². The topological polar surface area (TPSA) is 67.4 Å². The van der Waals surface area contributed by atoms with E-state index in [9.17, 15) is 9.59 Å². The van der Waals surface area contributed by atoms with Crippen LogP contribution in [-0.2, 0) is 15.3 Å². The van der Waals surface area contributed by atoms with E-state index in [-0.39, 0.29) is 17.9 Å². The summed E-state index contributed by atoms with van der Waals surface area (Å²) in [4.78, 5) is 24.9. The molecule has 2 N–H and O–H groups in total. The van der Waals surface area contributed by atoms with Crippen LogP contribution in [0, 0.1) is 6.92 Å². The van der Waals surface area contributed by atoms with E-state index in [0.29, 0.717) is 23.5 Å². The van der Waals surface area contributed by atoms with Gasteiger partial charge in [-0.2, -0.15) is 0 Å². The molecule has 0 bridgehead atoms. The fourth-order valence-corrected chi connectivity index (χ4v) is 4.01. The average Bonchev–Trinajstić information content (AvgIpc) is 3.22. The van der Waals surface area contributed by atoms with Gasteiger partial charge in [0.05, 0.1) is 23.1 Å². The van der Waals surface area contributed by atoms with E-state index in [2.05, 4.69) is 29.7 Å². The SMILES string of the molecule is Cc1ccccc1CSCC(=O)Nc1ccccc1C(=O)NCC1CCCO1. The van der Waals surface area contributed by atoms with Crippen molar-refractivity contribution in [1.82, 2.24) is 5.32 Å². The summed E-state index contributed by atoms with van der Waals surface area (Å²) < 4.78 is 5.54. The van der Waals surface area contributed by atoms with E-state index in [0.717, 1.165) is 25.2 Å². The minimum atomic E-state index is -0.195. The summed E-state index contributed by atoms with van der Waals surface area (Å²) >= 11 is 1.56. The van der Waals surface area contributed by atoms with E-state index in [1.54, 1.807) is 30.0 Å². The summed E-state index contributed by atoms with van der Waals surface area (Å²) in [6, 6.07) is 15.3. The molecule has 6 heteroatoms. The fourth-order valence-electron chi connectivity index (χ4n) is 3.11. The lowest BCUT2D eigenvalue weighted by molar-refractivity contribution is -0.113. The van der Waals surface area contributed by atoms with Gasteiger partial charge in [-0.15, -0.1) is 11.8 Å². The highest BCUT2D eigenvalue weighted by Gasteiger charge is 2.18. The number of carbonyl (C=O) groups is 2. The van der Waals surface area contributed by atoms with Gasteiger partial charge in [-0.25, -0.2) is 0 Å². The lowest BCUT2D eigenvalue weighted by atomic mass is 10.1. The minimum absolute atomic E-state index is 0.0866. The summed E-state index contributed by atoms with van der Waals surface area (Å²) in [7, 11) is 0. The lowest BCUT2D eigenvalue weighted by Crippen LogP contribution is -2.32. The second-order valence-electron chi connectivity index (χ2n) is 6.86. The van der Waals surface area contributed by atoms with Gasteiger partial charge in [0.25, 0.3) is 5.91 Å². The standard InChI is InChI=1S/C22H26N2O3S/c1-16-7-2-3-8-17(16)14-28-15-21(25)24-20-11-5-4-10-19(20)22(26)23-13-18-9-6-12-27-18/h2-5,7-8,10-11,18H,6,9,12-15H2,1H3,(H,23,26)(H,24,25). The highest BCUT2D eigenvalue weighted by Crippen LogP contribution is 2.19. The maximum absolute atomic E-state index is 12.5. The summed E-state index contributed by atoms with van der Waals surface area (Å²) in [5, 5.41) is 5.77. The number of rotatable bonds is 8. The van der Waals surface area contributed by atoms with Crippen molar-refractivity contribution >= 4 is 29.3 Å². The van der Waals surface area contributed by atoms with Gasteiger partial charge in [0.2, 0.25) is 5.91 Å². The Kier molecular flexibility index (Phi) is 7.51. The number of thioether (sulfide) groups is 1. The summed E-state index contributed by atoms with van der Waals surface area (Å²) in [6.45, 7) is 3.32. The monoisotopic (exact) mass is 398 g/mol. The molecule has 0 aliphatic carbocycles. The van der Waals surface area contributed by atoms with Crippen LogP contribution in [0.1, 0.15) is 34.3 Å². The summed E-state index contributed by atoms with van der Waals surface area (Å²) in [6.07, 6.45) is 2.09. The number of hydrogen-bond acceptors (Lipinski definition) is 4. The van der Waals surface area contributed by atoms with Crippen LogP contribution in [0.25, 0.3) is 0 Å². The van der Waals surface area contributed by atoms with Crippen LogP contribution < -0.4 is 10.6 Å². The molecule has 2 amide bonds. The van der Waals surface area contributed by atoms with Crippen LogP contribution in [0.2, 0.25) is 0 Å². The molecule has 0 saturated carbocycles. The molecule has 0 spiro atoms. The highest BCUT2D eigenvalue weighted by molar-refractivity contribution is 7.99. The Bertz CT molecular complexity index is 819. The molecule has 1 fully saturated rings. The zero-order valence-corrected chi connectivity index (χ0v) is 16.9. The van der Waals surface area contributed by atoms with Crippen molar-refractivity contribution in [2.75, 3.05) is 24.2 Å². The number of hydrogen-bond donors (Lipinski definition) is 2. The number of benzene rings is 2. The van der Waals surface area contributed by atoms with Crippen molar-refractivity contribution in [3.8, 4) is 0 Å². The molecule has 148 valence electrons. The molecule has 1 aliphatic rings. The van der Waals surface area contributed by atoms with E-state index in [1.807, 2.05) is 18.2 Å². The summed E-state index contributed by atoms with van der Waals surface area (Å²) in [5.41, 5.74) is 3.46. The normalized spacial score (nSPS) is 16.0.